The van der Waals surface area contributed by atoms with E-state index in [9.17, 15) is 18.3 Å². The first kappa shape index (κ1) is 13.1. The minimum atomic E-state index is -3.32. The fourth-order valence-corrected chi connectivity index (χ4v) is 2.44. The zero-order valence-corrected chi connectivity index (χ0v) is 10.4. The second-order valence-corrected chi connectivity index (χ2v) is 6.43. The largest absolute Gasteiger partial charge is 0.385 e. The van der Waals surface area contributed by atoms with Crippen molar-refractivity contribution in [2.24, 2.45) is 5.92 Å². The van der Waals surface area contributed by atoms with E-state index in [0.29, 0.717) is 0 Å². The van der Waals surface area contributed by atoms with Gasteiger partial charge in [0.15, 0.2) is 9.84 Å². The summed E-state index contributed by atoms with van der Waals surface area (Å²) in [5.41, 5.74) is -1.29. The molecule has 2 atom stereocenters. The number of allylic oxidation sites excluding steroid dienone is 1. The van der Waals surface area contributed by atoms with Crippen LogP contribution in [0.25, 0.3) is 0 Å². The van der Waals surface area contributed by atoms with Crippen LogP contribution in [-0.2, 0) is 14.6 Å². The van der Waals surface area contributed by atoms with Gasteiger partial charge in [-0.05, 0) is 26.0 Å². The summed E-state index contributed by atoms with van der Waals surface area (Å²) in [6.45, 7) is 2.95. The third kappa shape index (κ3) is 3.02. The molecule has 0 saturated carbocycles. The predicted molar refractivity (Wildman–Crippen MR) is 61.5 cm³/mol. The Labute approximate surface area is 95.6 Å². The van der Waals surface area contributed by atoms with Crippen LogP contribution in [0.5, 0.6) is 0 Å². The van der Waals surface area contributed by atoms with E-state index < -0.39 is 15.4 Å². The average molecular weight is 244 g/mol. The SMILES string of the molecule is CC(=O)CC1C=CC(S(C)(=O)=O)=CC1(C)O. The third-order valence-electron chi connectivity index (χ3n) is 2.61. The van der Waals surface area contributed by atoms with Gasteiger partial charge >= 0.3 is 0 Å². The second kappa shape index (κ2) is 4.14. The van der Waals surface area contributed by atoms with Gasteiger partial charge in [0.2, 0.25) is 0 Å². The molecule has 1 rings (SSSR count). The van der Waals surface area contributed by atoms with Gasteiger partial charge in [-0.2, -0.15) is 0 Å². The summed E-state index contributed by atoms with van der Waals surface area (Å²) in [7, 11) is -3.32. The van der Waals surface area contributed by atoms with Gasteiger partial charge < -0.3 is 9.90 Å². The minimum Gasteiger partial charge on any atom is -0.385 e. The lowest BCUT2D eigenvalue weighted by molar-refractivity contribution is -0.118. The van der Waals surface area contributed by atoms with E-state index in [1.165, 1.54) is 26.0 Å². The average Bonchev–Trinajstić information content (AvgIpc) is 2.05. The van der Waals surface area contributed by atoms with Crippen LogP contribution in [-0.4, -0.2) is 31.2 Å². The standard InChI is InChI=1S/C11H16O4S/c1-8(12)6-9-4-5-10(16(3,14)15)7-11(9,2)13/h4-5,7,9,13H,6H2,1-3H3. The molecule has 0 bridgehead atoms. The van der Waals surface area contributed by atoms with E-state index >= 15 is 0 Å². The number of hydrogen-bond acceptors (Lipinski definition) is 4. The molecule has 16 heavy (non-hydrogen) atoms. The van der Waals surface area contributed by atoms with Crippen LogP contribution in [0.1, 0.15) is 20.3 Å². The van der Waals surface area contributed by atoms with Gasteiger partial charge in [-0.3, -0.25) is 0 Å². The molecule has 2 unspecified atom stereocenters. The summed E-state index contributed by atoms with van der Waals surface area (Å²) in [4.78, 5) is 11.1. The normalized spacial score (nSPS) is 30.0. The predicted octanol–water partition coefficient (Wildman–Crippen LogP) is 0.831. The molecule has 0 fully saturated rings. The highest BCUT2D eigenvalue weighted by Crippen LogP contribution is 2.31. The van der Waals surface area contributed by atoms with Crippen LogP contribution < -0.4 is 0 Å². The Balaban J connectivity index is 3.03. The molecule has 1 aliphatic carbocycles. The molecule has 0 spiro atoms. The molecule has 0 aromatic carbocycles. The lowest BCUT2D eigenvalue weighted by Gasteiger charge is -2.30. The Hall–Kier alpha value is -0.940. The maximum atomic E-state index is 11.3. The van der Waals surface area contributed by atoms with E-state index in [1.807, 2.05) is 0 Å². The Bertz CT molecular complexity index is 454. The van der Waals surface area contributed by atoms with Crippen LogP contribution in [0, 0.1) is 5.92 Å². The number of rotatable bonds is 3. The van der Waals surface area contributed by atoms with E-state index in [1.54, 1.807) is 6.08 Å². The highest BCUT2D eigenvalue weighted by atomic mass is 32.2. The third-order valence-corrected chi connectivity index (χ3v) is 3.72. The molecule has 1 N–H and O–H groups in total. The van der Waals surface area contributed by atoms with Crippen molar-refractivity contribution in [2.45, 2.75) is 25.9 Å². The number of aliphatic hydroxyl groups is 1. The Morgan fingerprint density at radius 1 is 1.56 bits per heavy atom. The molecule has 90 valence electrons. The van der Waals surface area contributed by atoms with Gasteiger partial charge in [0.05, 0.1) is 10.5 Å². The number of ketones is 1. The van der Waals surface area contributed by atoms with E-state index in [4.69, 9.17) is 0 Å². The Morgan fingerprint density at radius 2 is 2.12 bits per heavy atom. The minimum absolute atomic E-state index is 0.0360. The van der Waals surface area contributed by atoms with Crippen molar-refractivity contribution in [1.29, 1.82) is 0 Å². The molecule has 0 aromatic rings. The van der Waals surface area contributed by atoms with Crippen molar-refractivity contribution in [1.82, 2.24) is 0 Å². The van der Waals surface area contributed by atoms with Gasteiger partial charge in [-0.25, -0.2) is 8.42 Å². The van der Waals surface area contributed by atoms with Crippen LogP contribution >= 0.6 is 0 Å². The smallest absolute Gasteiger partial charge is 0.175 e. The zero-order valence-electron chi connectivity index (χ0n) is 9.60. The summed E-state index contributed by atoms with van der Waals surface area (Å²) in [5.74, 6) is -0.401. The van der Waals surface area contributed by atoms with Crippen LogP contribution in [0.2, 0.25) is 0 Å². The first-order valence-electron chi connectivity index (χ1n) is 4.96. The van der Waals surface area contributed by atoms with Gasteiger partial charge in [0.25, 0.3) is 0 Å². The molecule has 0 aliphatic heterocycles. The van der Waals surface area contributed by atoms with Crippen molar-refractivity contribution >= 4 is 15.6 Å². The van der Waals surface area contributed by atoms with Crippen molar-refractivity contribution in [3.05, 3.63) is 23.1 Å². The zero-order chi connectivity index (χ0) is 12.6. The first-order valence-corrected chi connectivity index (χ1v) is 6.85. The van der Waals surface area contributed by atoms with Crippen LogP contribution in [0.3, 0.4) is 0 Å². The van der Waals surface area contributed by atoms with Crippen molar-refractivity contribution < 1.29 is 18.3 Å². The summed E-state index contributed by atoms with van der Waals surface area (Å²) < 4.78 is 22.6. The summed E-state index contributed by atoms with van der Waals surface area (Å²) in [6.07, 6.45) is 5.62. The molecule has 0 radical (unpaired) electrons. The molecular weight excluding hydrogens is 228 g/mol. The number of carbonyl (C=O) groups excluding carboxylic acids is 1. The lowest BCUT2D eigenvalue weighted by atomic mass is 9.82. The maximum absolute atomic E-state index is 11.3. The topological polar surface area (TPSA) is 71.4 Å². The van der Waals surface area contributed by atoms with E-state index in [-0.39, 0.29) is 23.0 Å². The summed E-state index contributed by atoms with van der Waals surface area (Å²) in [5, 5.41) is 10.1. The number of carbonyl (C=O) groups is 1. The highest BCUT2D eigenvalue weighted by Gasteiger charge is 2.33. The fraction of sp³-hybridized carbons (Fsp3) is 0.545. The van der Waals surface area contributed by atoms with E-state index in [2.05, 4.69) is 0 Å². The molecule has 0 aromatic heterocycles. The monoisotopic (exact) mass is 244 g/mol. The Kier molecular flexibility index (Phi) is 3.40. The van der Waals surface area contributed by atoms with Gasteiger partial charge in [0.1, 0.15) is 5.78 Å². The molecule has 0 amide bonds. The molecule has 0 heterocycles. The molecular formula is C11H16O4S. The first-order chi connectivity index (χ1) is 7.13. The quantitative estimate of drug-likeness (QED) is 0.798. The van der Waals surface area contributed by atoms with Crippen molar-refractivity contribution in [3.8, 4) is 0 Å². The Morgan fingerprint density at radius 3 is 2.50 bits per heavy atom. The highest BCUT2D eigenvalue weighted by molar-refractivity contribution is 7.94. The van der Waals surface area contributed by atoms with Crippen LogP contribution in [0.4, 0.5) is 0 Å². The maximum Gasteiger partial charge on any atom is 0.175 e. The summed E-state index contributed by atoms with van der Waals surface area (Å²) in [6, 6.07) is 0. The van der Waals surface area contributed by atoms with Gasteiger partial charge in [-0.1, -0.05) is 6.08 Å². The fourth-order valence-electron chi connectivity index (χ4n) is 1.66. The second-order valence-electron chi connectivity index (χ2n) is 4.42. The van der Waals surface area contributed by atoms with Crippen molar-refractivity contribution in [3.63, 3.8) is 0 Å². The van der Waals surface area contributed by atoms with Crippen LogP contribution in [0.15, 0.2) is 23.1 Å². The van der Waals surface area contributed by atoms with Crippen molar-refractivity contribution in [2.75, 3.05) is 6.26 Å². The molecule has 0 saturated heterocycles. The lowest BCUT2D eigenvalue weighted by Crippen LogP contribution is -2.35. The molecule has 5 heteroatoms. The van der Waals surface area contributed by atoms with Gasteiger partial charge in [-0.15, -0.1) is 0 Å². The molecule has 1 aliphatic rings. The number of sulfone groups is 1. The number of Topliss-reactive ketones (excluding diaryl/α,β-unsaturated/α-hetero) is 1. The summed E-state index contributed by atoms with van der Waals surface area (Å²) >= 11 is 0. The van der Waals surface area contributed by atoms with Gasteiger partial charge in [0, 0.05) is 18.6 Å². The van der Waals surface area contributed by atoms with E-state index in [0.717, 1.165) is 6.26 Å². The molecule has 4 nitrogen and oxygen atoms in total. The number of hydrogen-bond donors (Lipinski definition) is 1.